The molecule has 4 amide bonds. The van der Waals surface area contributed by atoms with Gasteiger partial charge in [0.1, 0.15) is 6.04 Å². The van der Waals surface area contributed by atoms with Crippen molar-refractivity contribution in [2.24, 2.45) is 23.2 Å². The van der Waals surface area contributed by atoms with Crippen molar-refractivity contribution >= 4 is 29.3 Å². The van der Waals surface area contributed by atoms with Gasteiger partial charge in [0, 0.05) is 24.7 Å². The zero-order valence-electron chi connectivity index (χ0n) is 23.1. The Hall–Kier alpha value is -2.74. The fraction of sp³-hybridized carbons (Fsp3) is 0.677. The Bertz CT molecular complexity index is 1130. The van der Waals surface area contributed by atoms with Crippen LogP contribution in [0.25, 0.3) is 0 Å². The first-order valence-corrected chi connectivity index (χ1v) is 15.2. The quantitative estimate of drug-likeness (QED) is 0.289. The van der Waals surface area contributed by atoms with E-state index in [-0.39, 0.29) is 18.7 Å². The van der Waals surface area contributed by atoms with E-state index >= 15 is 0 Å². The number of hydrogen-bond acceptors (Lipinski definition) is 6. The second-order valence-electron chi connectivity index (χ2n) is 13.0. The Balaban J connectivity index is 0.935. The number of amides is 4. The van der Waals surface area contributed by atoms with Gasteiger partial charge in [0.2, 0.25) is 11.8 Å². The number of fused-ring (bicyclic) bond motifs is 1. The third-order valence-corrected chi connectivity index (χ3v) is 10.3. The molecule has 2 atom stereocenters. The highest BCUT2D eigenvalue weighted by Crippen LogP contribution is 2.61. The van der Waals surface area contributed by atoms with Gasteiger partial charge < -0.3 is 10.6 Å². The monoisotopic (exact) mass is 534 g/mol. The minimum atomic E-state index is -0.942. The maximum atomic E-state index is 13.2. The summed E-state index contributed by atoms with van der Waals surface area (Å²) in [4.78, 5) is 51.1. The van der Waals surface area contributed by atoms with E-state index in [0.29, 0.717) is 34.8 Å². The molecule has 0 aromatic heterocycles. The summed E-state index contributed by atoms with van der Waals surface area (Å²) < 4.78 is 0. The summed E-state index contributed by atoms with van der Waals surface area (Å²) in [5.41, 5.74) is 1.83. The zero-order chi connectivity index (χ0) is 27.1. The highest BCUT2D eigenvalue weighted by Gasteiger charge is 2.53. The molecule has 5 fully saturated rings. The third-order valence-electron chi connectivity index (χ3n) is 10.3. The van der Waals surface area contributed by atoms with E-state index in [1.54, 1.807) is 12.1 Å². The molecule has 0 radical (unpaired) electrons. The number of benzene rings is 1. The van der Waals surface area contributed by atoms with Crippen molar-refractivity contribution in [2.45, 2.75) is 96.1 Å². The van der Waals surface area contributed by atoms with Crippen molar-refractivity contribution in [1.82, 2.24) is 15.5 Å². The van der Waals surface area contributed by atoms with Crippen LogP contribution in [0.3, 0.4) is 0 Å². The molecule has 6 aliphatic rings. The van der Waals surface area contributed by atoms with Crippen molar-refractivity contribution in [3.8, 4) is 0 Å². The van der Waals surface area contributed by atoms with Crippen molar-refractivity contribution in [2.75, 3.05) is 18.4 Å². The van der Waals surface area contributed by atoms with Gasteiger partial charge in [-0.3, -0.25) is 29.4 Å². The maximum absolute atomic E-state index is 13.2. The van der Waals surface area contributed by atoms with Gasteiger partial charge in [-0.15, -0.1) is 0 Å². The van der Waals surface area contributed by atoms with Crippen molar-refractivity contribution in [3.05, 3.63) is 29.3 Å². The van der Waals surface area contributed by atoms with Crippen LogP contribution in [-0.2, 0) is 9.59 Å². The summed E-state index contributed by atoms with van der Waals surface area (Å²) >= 11 is 0. The number of rotatable bonds is 11. The Kier molecular flexibility index (Phi) is 7.25. The summed E-state index contributed by atoms with van der Waals surface area (Å²) in [5, 5.41) is 9.49. The Morgan fingerprint density at radius 3 is 2.26 bits per heavy atom. The van der Waals surface area contributed by atoms with E-state index in [1.165, 1.54) is 44.9 Å². The number of anilines is 1. The van der Waals surface area contributed by atoms with Gasteiger partial charge in [-0.1, -0.05) is 18.9 Å². The molecular weight excluding hydrogens is 492 g/mol. The molecule has 2 unspecified atom stereocenters. The lowest BCUT2D eigenvalue weighted by atomic mass is 9.48. The van der Waals surface area contributed by atoms with Crippen LogP contribution < -0.4 is 16.0 Å². The Morgan fingerprint density at radius 2 is 1.59 bits per heavy atom. The van der Waals surface area contributed by atoms with E-state index in [4.69, 9.17) is 0 Å². The third kappa shape index (κ3) is 5.01. The van der Waals surface area contributed by atoms with Crippen LogP contribution in [0.2, 0.25) is 0 Å². The molecule has 8 heteroatoms. The number of imide groups is 2. The smallest absolute Gasteiger partial charge is 0.264 e. The molecule has 1 saturated heterocycles. The number of piperidine rings is 1. The molecule has 3 N–H and O–H groups in total. The van der Waals surface area contributed by atoms with Gasteiger partial charge >= 0.3 is 0 Å². The predicted octanol–water partition coefficient (Wildman–Crippen LogP) is 4.25. The molecule has 39 heavy (non-hydrogen) atoms. The number of carbonyl (C=O) groups is 4. The Labute approximate surface area is 231 Å². The largest absolute Gasteiger partial charge is 0.384 e. The molecule has 4 bridgehead atoms. The molecule has 2 aliphatic heterocycles. The first-order chi connectivity index (χ1) is 18.8. The molecule has 8 nitrogen and oxygen atoms in total. The molecule has 1 aromatic rings. The van der Waals surface area contributed by atoms with Crippen LogP contribution in [0.15, 0.2) is 18.2 Å². The van der Waals surface area contributed by atoms with Gasteiger partial charge in [-0.05, 0) is 107 Å². The van der Waals surface area contributed by atoms with Crippen LogP contribution in [0.5, 0.6) is 0 Å². The topological polar surface area (TPSA) is 108 Å². The normalized spacial score (nSPS) is 32.0. The molecular formula is C31H42N4O4. The molecule has 210 valence electrons. The van der Waals surface area contributed by atoms with Crippen LogP contribution in [0, 0.1) is 23.2 Å². The number of unbranched alkanes of at least 4 members (excludes halogenated alkanes) is 3. The van der Waals surface area contributed by atoms with Gasteiger partial charge in [-0.25, -0.2) is 0 Å². The number of nitrogens with one attached hydrogen (secondary N) is 3. The van der Waals surface area contributed by atoms with Crippen LogP contribution in [0.4, 0.5) is 5.69 Å². The number of hydrogen-bond donors (Lipinski definition) is 3. The van der Waals surface area contributed by atoms with Crippen molar-refractivity contribution in [3.63, 3.8) is 0 Å². The minimum Gasteiger partial charge on any atom is -0.384 e. The second kappa shape index (κ2) is 10.7. The summed E-state index contributed by atoms with van der Waals surface area (Å²) in [6.45, 7) is 4.23. The van der Waals surface area contributed by atoms with Crippen LogP contribution in [0.1, 0.15) is 105 Å². The standard InChI is InChI=1S/C31H42N4O4/c1-19(31-16-20-13-21(17-31)15-22(14-20)18-31)32-11-4-2-3-5-12-33-24-8-6-7-23-27(24)30(39)35(29(23)38)25-9-10-26(36)34-28(25)37/h6-8,19-22,25,32-33H,2-5,9-18H2,1H3,(H,34,36,37). The summed E-state index contributed by atoms with van der Waals surface area (Å²) in [6.07, 6.45) is 13.5. The summed E-state index contributed by atoms with van der Waals surface area (Å²) in [5.74, 6) is 1.09. The number of carbonyl (C=O) groups excluding carboxylic acids is 4. The lowest BCUT2D eigenvalue weighted by molar-refractivity contribution is -0.136. The average Bonchev–Trinajstić information content (AvgIpc) is 3.15. The maximum Gasteiger partial charge on any atom is 0.264 e. The summed E-state index contributed by atoms with van der Waals surface area (Å²) in [6, 6.07) is 4.88. The average molecular weight is 535 g/mol. The fourth-order valence-corrected chi connectivity index (χ4v) is 8.73. The van der Waals surface area contributed by atoms with Gasteiger partial charge in [0.15, 0.2) is 0 Å². The number of nitrogens with zero attached hydrogens (tertiary/aromatic N) is 1. The van der Waals surface area contributed by atoms with Gasteiger partial charge in [-0.2, -0.15) is 0 Å². The second-order valence-corrected chi connectivity index (χ2v) is 13.0. The highest BCUT2D eigenvalue weighted by molar-refractivity contribution is 6.25. The molecule has 7 rings (SSSR count). The van der Waals surface area contributed by atoms with E-state index in [2.05, 4.69) is 22.9 Å². The lowest BCUT2D eigenvalue weighted by Crippen LogP contribution is -2.54. The summed E-state index contributed by atoms with van der Waals surface area (Å²) in [7, 11) is 0. The van der Waals surface area contributed by atoms with Crippen LogP contribution in [-0.4, -0.2) is 53.7 Å². The van der Waals surface area contributed by atoms with Crippen LogP contribution >= 0.6 is 0 Å². The predicted molar refractivity (Wildman–Crippen MR) is 148 cm³/mol. The minimum absolute atomic E-state index is 0.117. The van der Waals surface area contributed by atoms with Gasteiger partial charge in [0.05, 0.1) is 11.1 Å². The van der Waals surface area contributed by atoms with E-state index in [0.717, 1.165) is 48.5 Å². The SMILES string of the molecule is CC(NCCCCCCNc1cccc2c1C(=O)N(C1CCC(=O)NC1=O)C2=O)C12CC3CC(CC(C3)C1)C2. The first-order valence-electron chi connectivity index (χ1n) is 15.2. The lowest BCUT2D eigenvalue weighted by Gasteiger charge is -2.59. The molecule has 2 heterocycles. The van der Waals surface area contributed by atoms with E-state index in [1.807, 2.05) is 6.07 Å². The van der Waals surface area contributed by atoms with Gasteiger partial charge in [0.25, 0.3) is 11.8 Å². The highest BCUT2D eigenvalue weighted by atomic mass is 16.2. The molecule has 4 saturated carbocycles. The van der Waals surface area contributed by atoms with Crippen molar-refractivity contribution in [1.29, 1.82) is 0 Å². The molecule has 0 spiro atoms. The zero-order valence-corrected chi connectivity index (χ0v) is 23.1. The van der Waals surface area contributed by atoms with Crippen molar-refractivity contribution < 1.29 is 19.2 Å². The van der Waals surface area contributed by atoms with E-state index < -0.39 is 23.8 Å². The first kappa shape index (κ1) is 26.5. The Morgan fingerprint density at radius 1 is 0.923 bits per heavy atom. The fourth-order valence-electron chi connectivity index (χ4n) is 8.73. The molecule has 1 aromatic carbocycles. The molecule has 4 aliphatic carbocycles. The van der Waals surface area contributed by atoms with E-state index in [9.17, 15) is 19.2 Å².